The maximum Gasteiger partial charge on any atom is 0.160 e. The minimum absolute atomic E-state index is 0.0615. The van der Waals surface area contributed by atoms with Gasteiger partial charge in [0.2, 0.25) is 0 Å². The summed E-state index contributed by atoms with van der Waals surface area (Å²) in [5, 5.41) is 20.7. The molecule has 4 nitrogen and oxygen atoms in total. The molecule has 2 aromatic rings. The Morgan fingerprint density at radius 1 is 1.08 bits per heavy atom. The van der Waals surface area contributed by atoms with Gasteiger partial charge in [0.05, 0.1) is 28.3 Å². The summed E-state index contributed by atoms with van der Waals surface area (Å²) in [5.74, 6) is 0.425. The van der Waals surface area contributed by atoms with Gasteiger partial charge >= 0.3 is 0 Å². The molecule has 2 aromatic carbocycles. The molecule has 0 aliphatic heterocycles. The molecule has 0 saturated carbocycles. The summed E-state index contributed by atoms with van der Waals surface area (Å²) in [6.45, 7) is 0.556. The van der Waals surface area contributed by atoms with Gasteiger partial charge < -0.3 is 19.4 Å². The third-order valence-electron chi connectivity index (χ3n) is 3.72. The van der Waals surface area contributed by atoms with E-state index in [1.807, 2.05) is 63.6 Å². The summed E-state index contributed by atoms with van der Waals surface area (Å²) in [7, 11) is 7.59. The van der Waals surface area contributed by atoms with Crippen LogP contribution in [0.1, 0.15) is 22.8 Å². The first-order valence-electron chi connectivity index (χ1n) is 7.93. The first-order chi connectivity index (χ1) is 11.3. The van der Waals surface area contributed by atoms with Crippen LogP contribution >= 0.6 is 0 Å². The van der Waals surface area contributed by atoms with Gasteiger partial charge in [-0.05, 0) is 28.8 Å². The number of quaternary nitrogens is 1. The zero-order valence-electron chi connectivity index (χ0n) is 14.7. The Morgan fingerprint density at radius 2 is 1.75 bits per heavy atom. The van der Waals surface area contributed by atoms with Gasteiger partial charge in [0.25, 0.3) is 0 Å². The molecule has 0 heterocycles. The van der Waals surface area contributed by atoms with Gasteiger partial charge in [-0.15, -0.1) is 0 Å². The lowest BCUT2D eigenvalue weighted by molar-refractivity contribution is -0.874. The van der Waals surface area contributed by atoms with Crippen molar-refractivity contribution in [2.75, 3.05) is 34.8 Å². The van der Waals surface area contributed by atoms with Crippen LogP contribution in [-0.2, 0) is 0 Å². The average Bonchev–Trinajstić information content (AvgIpc) is 2.52. The van der Waals surface area contributed by atoms with E-state index >= 15 is 0 Å². The maximum absolute atomic E-state index is 10.7. The second-order valence-electron chi connectivity index (χ2n) is 6.89. The van der Waals surface area contributed by atoms with Gasteiger partial charge in [0.15, 0.2) is 11.5 Å². The van der Waals surface area contributed by atoms with Crippen LogP contribution in [-0.4, -0.2) is 49.5 Å². The third-order valence-corrected chi connectivity index (χ3v) is 3.72. The fraction of sp³-hybridized carbons (Fsp3) is 0.300. The van der Waals surface area contributed by atoms with E-state index in [0.29, 0.717) is 16.8 Å². The number of phenols is 1. The minimum Gasteiger partial charge on any atom is -0.504 e. The van der Waals surface area contributed by atoms with E-state index in [2.05, 4.69) is 0 Å². The number of aliphatic hydroxyl groups is 1. The van der Waals surface area contributed by atoms with Gasteiger partial charge in [-0.1, -0.05) is 42.5 Å². The molecule has 0 saturated heterocycles. The van der Waals surface area contributed by atoms with Gasteiger partial charge in [0.1, 0.15) is 12.6 Å². The van der Waals surface area contributed by atoms with Crippen molar-refractivity contribution in [3.63, 3.8) is 0 Å². The predicted molar refractivity (Wildman–Crippen MR) is 97.9 cm³/mol. The lowest BCUT2D eigenvalue weighted by Crippen LogP contribution is -2.38. The normalized spacial score (nSPS) is 13.2. The van der Waals surface area contributed by atoms with E-state index < -0.39 is 6.10 Å². The van der Waals surface area contributed by atoms with Crippen LogP contribution in [0.25, 0.3) is 12.2 Å². The van der Waals surface area contributed by atoms with Crippen LogP contribution in [0.2, 0.25) is 0 Å². The zero-order chi connectivity index (χ0) is 17.7. The number of likely N-dealkylation sites (N-methyl/N-ethyl adjacent to an activating group) is 1. The maximum atomic E-state index is 10.7. The molecule has 0 aromatic heterocycles. The molecule has 2 rings (SSSR count). The number of aliphatic hydroxyl groups excluding tert-OH is 1. The van der Waals surface area contributed by atoms with E-state index in [-0.39, 0.29) is 5.75 Å². The molecule has 128 valence electrons. The monoisotopic (exact) mass is 328 g/mol. The third kappa shape index (κ3) is 4.85. The Hall–Kier alpha value is -2.30. The molecule has 0 amide bonds. The Morgan fingerprint density at radius 3 is 2.33 bits per heavy atom. The highest BCUT2D eigenvalue weighted by molar-refractivity contribution is 5.73. The molecular formula is C20H26NO3+. The van der Waals surface area contributed by atoms with Crippen LogP contribution < -0.4 is 4.74 Å². The molecule has 1 atom stereocenters. The van der Waals surface area contributed by atoms with Gasteiger partial charge in [0, 0.05) is 0 Å². The quantitative estimate of drug-likeness (QED) is 0.632. The first kappa shape index (κ1) is 18.0. The summed E-state index contributed by atoms with van der Waals surface area (Å²) in [6, 6.07) is 13.2. The molecule has 4 heteroatoms. The highest BCUT2D eigenvalue weighted by atomic mass is 16.5. The van der Waals surface area contributed by atoms with Crippen molar-refractivity contribution in [1.82, 2.24) is 0 Å². The highest BCUT2D eigenvalue weighted by Gasteiger charge is 2.21. The van der Waals surface area contributed by atoms with E-state index in [1.165, 1.54) is 7.11 Å². The SMILES string of the molecule is COc1cc([C@@H](O)C[N+](C)(C)C)c(/C=C/c2ccccc2)cc1O. The number of hydrogen-bond acceptors (Lipinski definition) is 3. The van der Waals surface area contributed by atoms with E-state index in [0.717, 1.165) is 16.7 Å². The first-order valence-corrected chi connectivity index (χ1v) is 7.93. The molecule has 0 unspecified atom stereocenters. The summed E-state index contributed by atoms with van der Waals surface area (Å²) >= 11 is 0. The predicted octanol–water partition coefficient (Wildman–Crippen LogP) is 3.31. The summed E-state index contributed by atoms with van der Waals surface area (Å²) in [4.78, 5) is 0. The van der Waals surface area contributed by atoms with Crippen LogP contribution in [0, 0.1) is 0 Å². The topological polar surface area (TPSA) is 49.7 Å². The molecular weight excluding hydrogens is 302 g/mol. The average molecular weight is 328 g/mol. The van der Waals surface area contributed by atoms with Crippen LogP contribution in [0.4, 0.5) is 0 Å². The lowest BCUT2D eigenvalue weighted by atomic mass is 9.99. The summed E-state index contributed by atoms with van der Waals surface area (Å²) < 4.78 is 5.82. The molecule has 0 radical (unpaired) electrons. The second-order valence-corrected chi connectivity index (χ2v) is 6.89. The number of phenolic OH excluding ortho intramolecular Hbond substituents is 1. The largest absolute Gasteiger partial charge is 0.504 e. The Bertz CT molecular complexity index is 703. The van der Waals surface area contributed by atoms with E-state index in [4.69, 9.17) is 4.74 Å². The van der Waals surface area contributed by atoms with E-state index in [9.17, 15) is 10.2 Å². The number of aromatic hydroxyl groups is 1. The Labute approximate surface area is 143 Å². The molecule has 0 aliphatic rings. The van der Waals surface area contributed by atoms with Crippen LogP contribution in [0.5, 0.6) is 11.5 Å². The standard InChI is InChI=1S/C20H25NO3/c1-21(2,3)14-19(23)17-13-20(24-4)18(22)12-16(17)11-10-15-8-6-5-7-9-15/h5-13,19,23H,14H2,1-4H3/p+1/b11-10+/t19-/m0/s1. The number of methoxy groups -OCH3 is 1. The van der Waals surface area contributed by atoms with E-state index in [1.54, 1.807) is 12.1 Å². The second kappa shape index (κ2) is 7.51. The molecule has 0 aliphatic carbocycles. The number of hydrogen-bond donors (Lipinski definition) is 2. The van der Waals surface area contributed by atoms with Gasteiger partial charge in [-0.25, -0.2) is 0 Å². The number of ether oxygens (including phenoxy) is 1. The summed E-state index contributed by atoms with van der Waals surface area (Å²) in [5.41, 5.74) is 2.57. The fourth-order valence-corrected chi connectivity index (χ4v) is 2.56. The van der Waals surface area contributed by atoms with Crippen molar-refractivity contribution >= 4 is 12.2 Å². The van der Waals surface area contributed by atoms with Crippen LogP contribution in [0.15, 0.2) is 42.5 Å². The van der Waals surface area contributed by atoms with Crippen molar-refractivity contribution in [3.05, 3.63) is 59.2 Å². The lowest BCUT2D eigenvalue weighted by Gasteiger charge is -2.27. The highest BCUT2D eigenvalue weighted by Crippen LogP contribution is 2.34. The number of nitrogens with zero attached hydrogens (tertiary/aromatic N) is 1. The van der Waals surface area contributed by atoms with Crippen molar-refractivity contribution in [2.45, 2.75) is 6.10 Å². The fourth-order valence-electron chi connectivity index (χ4n) is 2.56. The minimum atomic E-state index is -0.657. The number of benzene rings is 2. The van der Waals surface area contributed by atoms with Crippen molar-refractivity contribution in [1.29, 1.82) is 0 Å². The Kier molecular flexibility index (Phi) is 5.65. The molecule has 0 fully saturated rings. The van der Waals surface area contributed by atoms with Crippen molar-refractivity contribution in [3.8, 4) is 11.5 Å². The van der Waals surface area contributed by atoms with Gasteiger partial charge in [-0.2, -0.15) is 0 Å². The molecule has 2 N–H and O–H groups in total. The summed E-state index contributed by atoms with van der Waals surface area (Å²) in [6.07, 6.45) is 3.21. The smallest absolute Gasteiger partial charge is 0.160 e. The molecule has 0 bridgehead atoms. The number of rotatable bonds is 6. The molecule has 0 spiro atoms. The van der Waals surface area contributed by atoms with Gasteiger partial charge in [-0.3, -0.25) is 0 Å². The van der Waals surface area contributed by atoms with Crippen LogP contribution in [0.3, 0.4) is 0 Å². The molecule has 24 heavy (non-hydrogen) atoms. The van der Waals surface area contributed by atoms with Crippen molar-refractivity contribution in [2.24, 2.45) is 0 Å². The van der Waals surface area contributed by atoms with Crippen molar-refractivity contribution < 1.29 is 19.4 Å². The Balaban J connectivity index is 2.41. The zero-order valence-corrected chi connectivity index (χ0v) is 14.7.